The van der Waals surface area contributed by atoms with Crippen molar-refractivity contribution in [3.63, 3.8) is 0 Å². The van der Waals surface area contributed by atoms with Crippen molar-refractivity contribution in [1.29, 1.82) is 0 Å². The van der Waals surface area contributed by atoms with Crippen LogP contribution in [0.3, 0.4) is 0 Å². The number of amides is 1. The van der Waals surface area contributed by atoms with E-state index in [1.807, 2.05) is 18.2 Å². The molecule has 0 heterocycles. The van der Waals surface area contributed by atoms with Crippen molar-refractivity contribution in [3.8, 4) is 0 Å². The molecule has 2 atom stereocenters. The molecule has 0 bridgehead atoms. The molecule has 0 aliphatic heterocycles. The zero-order valence-corrected chi connectivity index (χ0v) is 12.9. The average Bonchev–Trinajstić information content (AvgIpc) is 2.80. The van der Waals surface area contributed by atoms with Gasteiger partial charge in [0.25, 0.3) is 0 Å². The molecule has 104 valence electrons. The molecule has 2 unspecified atom stereocenters. The second-order valence-corrected chi connectivity index (χ2v) is 6.17. The van der Waals surface area contributed by atoms with E-state index < -0.39 is 6.10 Å². The van der Waals surface area contributed by atoms with Crippen molar-refractivity contribution in [2.75, 3.05) is 6.54 Å². The summed E-state index contributed by atoms with van der Waals surface area (Å²) >= 11 is 9.40. The minimum atomic E-state index is -0.474. The number of rotatable bonds is 4. The number of nitrogens with one attached hydrogen (secondary N) is 1. The van der Waals surface area contributed by atoms with E-state index in [4.69, 9.17) is 11.6 Å². The summed E-state index contributed by atoms with van der Waals surface area (Å²) in [5.74, 6) is -0.272. The summed E-state index contributed by atoms with van der Waals surface area (Å²) in [7, 11) is 0. The quantitative estimate of drug-likeness (QED) is 0.880. The van der Waals surface area contributed by atoms with Crippen molar-refractivity contribution < 1.29 is 9.90 Å². The van der Waals surface area contributed by atoms with Gasteiger partial charge in [-0.15, -0.1) is 0 Å². The summed E-state index contributed by atoms with van der Waals surface area (Å²) in [4.78, 5) is 11.9. The Morgan fingerprint density at radius 2 is 2.26 bits per heavy atom. The minimum Gasteiger partial charge on any atom is -0.392 e. The van der Waals surface area contributed by atoms with Crippen LogP contribution in [0.4, 0.5) is 0 Å². The van der Waals surface area contributed by atoms with Crippen molar-refractivity contribution >= 4 is 33.4 Å². The standard InChI is InChI=1S/C14H17BrClNO2/c15-12-5-4-10(16)8-9(12)6-7-17-14(19)11-2-1-3-13(11)18/h4-5,8,11,13,18H,1-3,6-7H2,(H,17,19). The molecule has 0 spiro atoms. The topological polar surface area (TPSA) is 49.3 Å². The second kappa shape index (κ2) is 6.73. The molecule has 19 heavy (non-hydrogen) atoms. The summed E-state index contributed by atoms with van der Waals surface area (Å²) in [5, 5.41) is 13.2. The van der Waals surface area contributed by atoms with Gasteiger partial charge in [-0.3, -0.25) is 4.79 Å². The molecule has 1 aromatic carbocycles. The molecule has 1 aliphatic rings. The molecule has 1 fully saturated rings. The monoisotopic (exact) mass is 345 g/mol. The van der Waals surface area contributed by atoms with E-state index >= 15 is 0 Å². The van der Waals surface area contributed by atoms with Crippen LogP contribution in [0, 0.1) is 5.92 Å². The molecule has 1 saturated carbocycles. The lowest BCUT2D eigenvalue weighted by Gasteiger charge is -2.14. The molecule has 0 radical (unpaired) electrons. The maximum absolute atomic E-state index is 11.9. The van der Waals surface area contributed by atoms with Crippen LogP contribution in [0.2, 0.25) is 5.02 Å². The number of carbonyl (C=O) groups is 1. The third kappa shape index (κ3) is 3.94. The lowest BCUT2D eigenvalue weighted by atomic mass is 10.1. The number of hydrogen-bond acceptors (Lipinski definition) is 2. The van der Waals surface area contributed by atoms with Gasteiger partial charge in [0.1, 0.15) is 0 Å². The average molecular weight is 347 g/mol. The molecule has 2 N–H and O–H groups in total. The van der Waals surface area contributed by atoms with Crippen molar-refractivity contribution in [1.82, 2.24) is 5.32 Å². The molecule has 1 aliphatic carbocycles. The third-order valence-corrected chi connectivity index (χ3v) is 4.53. The van der Waals surface area contributed by atoms with Gasteiger partial charge in [-0.25, -0.2) is 0 Å². The van der Waals surface area contributed by atoms with Crippen LogP contribution >= 0.6 is 27.5 Å². The van der Waals surface area contributed by atoms with Crippen LogP contribution in [0.15, 0.2) is 22.7 Å². The Kier molecular flexibility index (Phi) is 5.25. The van der Waals surface area contributed by atoms with Gasteiger partial charge in [0.15, 0.2) is 0 Å². The molecule has 0 saturated heterocycles. The van der Waals surface area contributed by atoms with Gasteiger partial charge in [-0.1, -0.05) is 27.5 Å². The maximum Gasteiger partial charge on any atom is 0.225 e. The van der Waals surface area contributed by atoms with Gasteiger partial charge in [-0.05, 0) is 49.4 Å². The first kappa shape index (κ1) is 14.8. The van der Waals surface area contributed by atoms with E-state index in [1.54, 1.807) is 0 Å². The number of aliphatic hydroxyl groups is 1. The fourth-order valence-corrected chi connectivity index (χ4v) is 3.07. The summed E-state index contributed by atoms with van der Waals surface area (Å²) in [6, 6.07) is 5.62. The first-order valence-electron chi connectivity index (χ1n) is 6.47. The van der Waals surface area contributed by atoms with Crippen LogP contribution in [0.25, 0.3) is 0 Å². The molecular formula is C14H17BrClNO2. The number of aliphatic hydroxyl groups excluding tert-OH is 1. The predicted octanol–water partition coefficient (Wildman–Crippen LogP) is 2.92. The maximum atomic E-state index is 11.9. The van der Waals surface area contributed by atoms with E-state index in [9.17, 15) is 9.90 Å². The van der Waals surface area contributed by atoms with Gasteiger partial charge in [-0.2, -0.15) is 0 Å². The van der Waals surface area contributed by atoms with Gasteiger partial charge < -0.3 is 10.4 Å². The number of hydrogen-bond donors (Lipinski definition) is 2. The SMILES string of the molecule is O=C(NCCc1cc(Cl)ccc1Br)C1CCCC1O. The largest absolute Gasteiger partial charge is 0.392 e. The smallest absolute Gasteiger partial charge is 0.225 e. The van der Waals surface area contributed by atoms with Gasteiger partial charge >= 0.3 is 0 Å². The van der Waals surface area contributed by atoms with Crippen LogP contribution in [0.1, 0.15) is 24.8 Å². The molecule has 2 rings (SSSR count). The third-order valence-electron chi connectivity index (χ3n) is 3.52. The van der Waals surface area contributed by atoms with Crippen molar-refractivity contribution in [3.05, 3.63) is 33.3 Å². The Balaban J connectivity index is 1.83. The molecule has 1 aromatic rings. The molecule has 5 heteroatoms. The summed E-state index contributed by atoms with van der Waals surface area (Å²) in [6.45, 7) is 0.557. The normalized spacial score (nSPS) is 22.5. The van der Waals surface area contributed by atoms with E-state index in [1.165, 1.54) is 0 Å². The summed E-state index contributed by atoms with van der Waals surface area (Å²) < 4.78 is 0.993. The molecule has 0 aromatic heterocycles. The highest BCUT2D eigenvalue weighted by molar-refractivity contribution is 9.10. The predicted molar refractivity (Wildman–Crippen MR) is 79.2 cm³/mol. The van der Waals surface area contributed by atoms with Gasteiger partial charge in [0.2, 0.25) is 5.91 Å². The number of halogens is 2. The Bertz CT molecular complexity index is 467. The van der Waals surface area contributed by atoms with E-state index in [0.717, 1.165) is 35.7 Å². The van der Waals surface area contributed by atoms with Gasteiger partial charge in [0.05, 0.1) is 12.0 Å². The first-order valence-corrected chi connectivity index (χ1v) is 7.64. The fourth-order valence-electron chi connectivity index (χ4n) is 2.43. The van der Waals surface area contributed by atoms with Crippen LogP contribution in [-0.4, -0.2) is 23.7 Å². The lowest BCUT2D eigenvalue weighted by molar-refractivity contribution is -0.127. The zero-order valence-electron chi connectivity index (χ0n) is 10.5. The van der Waals surface area contributed by atoms with Gasteiger partial charge in [0, 0.05) is 16.0 Å². The fraction of sp³-hybridized carbons (Fsp3) is 0.500. The van der Waals surface area contributed by atoms with Crippen molar-refractivity contribution in [2.45, 2.75) is 31.8 Å². The van der Waals surface area contributed by atoms with Crippen LogP contribution in [0.5, 0.6) is 0 Å². The number of carbonyl (C=O) groups excluding carboxylic acids is 1. The highest BCUT2D eigenvalue weighted by atomic mass is 79.9. The molecule has 1 amide bonds. The molecule has 3 nitrogen and oxygen atoms in total. The molecular weight excluding hydrogens is 330 g/mol. The first-order chi connectivity index (χ1) is 9.08. The van der Waals surface area contributed by atoms with Crippen LogP contribution in [-0.2, 0) is 11.2 Å². The Hall–Kier alpha value is -0.580. The second-order valence-electron chi connectivity index (χ2n) is 4.88. The highest BCUT2D eigenvalue weighted by Gasteiger charge is 2.30. The Morgan fingerprint density at radius 1 is 1.47 bits per heavy atom. The van der Waals surface area contributed by atoms with E-state index in [2.05, 4.69) is 21.2 Å². The highest BCUT2D eigenvalue weighted by Crippen LogP contribution is 2.25. The minimum absolute atomic E-state index is 0.0387. The van der Waals surface area contributed by atoms with E-state index in [0.29, 0.717) is 11.6 Å². The number of benzene rings is 1. The summed E-state index contributed by atoms with van der Waals surface area (Å²) in [5.41, 5.74) is 1.07. The zero-order chi connectivity index (χ0) is 13.8. The lowest BCUT2D eigenvalue weighted by Crippen LogP contribution is -2.35. The van der Waals surface area contributed by atoms with Crippen molar-refractivity contribution in [2.24, 2.45) is 5.92 Å². The Labute approximate surface area is 126 Å². The van der Waals surface area contributed by atoms with E-state index in [-0.39, 0.29) is 11.8 Å². The van der Waals surface area contributed by atoms with Crippen LogP contribution < -0.4 is 5.32 Å². The Morgan fingerprint density at radius 3 is 2.95 bits per heavy atom. The summed E-state index contributed by atoms with van der Waals surface area (Å²) in [6.07, 6.45) is 2.69.